The van der Waals surface area contributed by atoms with Crippen LogP contribution in [0, 0.1) is 6.92 Å². The van der Waals surface area contributed by atoms with Crippen LogP contribution in [-0.2, 0) is 4.79 Å². The molecule has 1 heterocycles. The van der Waals surface area contributed by atoms with Crippen molar-refractivity contribution in [1.82, 2.24) is 0 Å². The highest BCUT2D eigenvalue weighted by molar-refractivity contribution is 9.11. The number of thiophene rings is 1. The second-order valence-electron chi connectivity index (χ2n) is 4.07. The van der Waals surface area contributed by atoms with Gasteiger partial charge in [-0.1, -0.05) is 15.9 Å². The number of carboxylic acid groups (broad SMARTS) is 1. The van der Waals surface area contributed by atoms with Crippen LogP contribution in [0.5, 0.6) is 0 Å². The van der Waals surface area contributed by atoms with Crippen molar-refractivity contribution in [2.24, 2.45) is 0 Å². The molecular weight excluding hydrogens is 394 g/mol. The van der Waals surface area contributed by atoms with E-state index >= 15 is 0 Å². The van der Waals surface area contributed by atoms with Crippen LogP contribution in [-0.4, -0.2) is 11.1 Å². The van der Waals surface area contributed by atoms with Crippen molar-refractivity contribution >= 4 is 54.9 Å². The van der Waals surface area contributed by atoms with Crippen LogP contribution >= 0.6 is 43.2 Å². The summed E-state index contributed by atoms with van der Waals surface area (Å²) >= 11 is 8.23. The number of carbonyl (C=O) groups is 1. The molecule has 0 radical (unpaired) electrons. The summed E-state index contributed by atoms with van der Waals surface area (Å²) in [5.41, 5.74) is 1.82. The average molecular weight is 405 g/mol. The third-order valence-electron chi connectivity index (χ3n) is 2.51. The molecule has 6 heteroatoms. The predicted molar refractivity (Wildman–Crippen MR) is 84.9 cm³/mol. The van der Waals surface area contributed by atoms with Crippen molar-refractivity contribution in [1.29, 1.82) is 0 Å². The van der Waals surface area contributed by atoms with Gasteiger partial charge in [-0.15, -0.1) is 11.3 Å². The zero-order chi connectivity index (χ0) is 14.0. The van der Waals surface area contributed by atoms with Gasteiger partial charge in [0, 0.05) is 19.5 Å². The Bertz CT molecular complexity index is 612. The molecule has 3 nitrogen and oxygen atoms in total. The van der Waals surface area contributed by atoms with Crippen molar-refractivity contribution in [2.45, 2.75) is 13.0 Å². The van der Waals surface area contributed by atoms with Crippen molar-refractivity contribution < 1.29 is 9.90 Å². The van der Waals surface area contributed by atoms with E-state index < -0.39 is 12.0 Å². The maximum atomic E-state index is 11.4. The van der Waals surface area contributed by atoms with Gasteiger partial charge >= 0.3 is 5.97 Å². The third kappa shape index (κ3) is 3.58. The zero-order valence-electron chi connectivity index (χ0n) is 9.98. The first-order valence-electron chi connectivity index (χ1n) is 5.47. The SMILES string of the molecule is Cc1csc(C(Nc2ccc(Br)cc2Br)C(=O)O)c1. The van der Waals surface area contributed by atoms with Gasteiger partial charge in [0.05, 0.1) is 0 Å². The molecule has 0 aliphatic heterocycles. The second kappa shape index (κ2) is 6.07. The largest absolute Gasteiger partial charge is 0.479 e. The topological polar surface area (TPSA) is 49.3 Å². The molecular formula is C13H11Br2NO2S. The molecule has 0 bridgehead atoms. The molecule has 0 spiro atoms. The number of rotatable bonds is 4. The van der Waals surface area contributed by atoms with Crippen LogP contribution in [0.3, 0.4) is 0 Å². The Balaban J connectivity index is 2.29. The number of anilines is 1. The number of hydrogen-bond donors (Lipinski definition) is 2. The molecule has 100 valence electrons. The summed E-state index contributed by atoms with van der Waals surface area (Å²) in [6, 6.07) is 6.73. The van der Waals surface area contributed by atoms with Crippen LogP contribution in [0.4, 0.5) is 5.69 Å². The fourth-order valence-electron chi connectivity index (χ4n) is 1.62. The quantitative estimate of drug-likeness (QED) is 0.767. The molecule has 1 atom stereocenters. The van der Waals surface area contributed by atoms with E-state index in [-0.39, 0.29) is 0 Å². The Kier molecular flexibility index (Phi) is 4.65. The maximum absolute atomic E-state index is 11.4. The Hall–Kier alpha value is -0.850. The molecule has 0 amide bonds. The molecule has 0 saturated carbocycles. The number of aliphatic carboxylic acids is 1. The standard InChI is InChI=1S/C13H11Br2NO2S/c1-7-4-11(19-6-7)12(13(17)18)16-10-3-2-8(14)5-9(10)15/h2-6,12,16H,1H3,(H,17,18). The van der Waals surface area contributed by atoms with Gasteiger partial charge in [0.2, 0.25) is 0 Å². The zero-order valence-corrected chi connectivity index (χ0v) is 14.0. The number of benzene rings is 1. The van der Waals surface area contributed by atoms with E-state index in [1.165, 1.54) is 11.3 Å². The van der Waals surface area contributed by atoms with Crippen molar-refractivity contribution in [3.05, 3.63) is 49.0 Å². The lowest BCUT2D eigenvalue weighted by atomic mass is 10.2. The number of nitrogens with one attached hydrogen (secondary N) is 1. The lowest BCUT2D eigenvalue weighted by Crippen LogP contribution is -2.19. The number of carboxylic acids is 1. The number of hydrogen-bond acceptors (Lipinski definition) is 3. The minimum absolute atomic E-state index is 0.740. The number of halogens is 2. The minimum Gasteiger partial charge on any atom is -0.479 e. The van der Waals surface area contributed by atoms with E-state index in [1.54, 1.807) is 0 Å². The summed E-state index contributed by atoms with van der Waals surface area (Å²) in [5.74, 6) is -0.892. The van der Waals surface area contributed by atoms with Gasteiger partial charge < -0.3 is 10.4 Å². The average Bonchev–Trinajstić information content (AvgIpc) is 2.74. The second-order valence-corrected chi connectivity index (χ2v) is 6.78. The maximum Gasteiger partial charge on any atom is 0.331 e. The van der Waals surface area contributed by atoms with Gasteiger partial charge in [0.1, 0.15) is 0 Å². The Morgan fingerprint density at radius 3 is 2.63 bits per heavy atom. The van der Waals surface area contributed by atoms with Crippen LogP contribution in [0.1, 0.15) is 16.5 Å². The molecule has 1 unspecified atom stereocenters. The molecule has 1 aromatic carbocycles. The molecule has 19 heavy (non-hydrogen) atoms. The van der Waals surface area contributed by atoms with Crippen molar-refractivity contribution in [3.8, 4) is 0 Å². The monoisotopic (exact) mass is 403 g/mol. The molecule has 1 aromatic heterocycles. The predicted octanol–water partition coefficient (Wildman–Crippen LogP) is 4.82. The smallest absolute Gasteiger partial charge is 0.331 e. The van der Waals surface area contributed by atoms with Gasteiger partial charge in [-0.3, -0.25) is 0 Å². The molecule has 0 aliphatic rings. The first kappa shape index (κ1) is 14.6. The van der Waals surface area contributed by atoms with Crippen LogP contribution in [0.15, 0.2) is 38.6 Å². The first-order valence-corrected chi connectivity index (χ1v) is 7.93. The van der Waals surface area contributed by atoms with Gasteiger partial charge in [0.15, 0.2) is 6.04 Å². The summed E-state index contributed by atoms with van der Waals surface area (Å²) in [6.45, 7) is 1.95. The summed E-state index contributed by atoms with van der Waals surface area (Å²) in [5, 5.41) is 14.4. The Morgan fingerprint density at radius 1 is 1.37 bits per heavy atom. The summed E-state index contributed by atoms with van der Waals surface area (Å²) < 4.78 is 1.75. The molecule has 0 fully saturated rings. The highest BCUT2D eigenvalue weighted by Crippen LogP contribution is 2.31. The first-order chi connectivity index (χ1) is 8.97. The normalized spacial score (nSPS) is 12.2. The highest BCUT2D eigenvalue weighted by Gasteiger charge is 2.22. The van der Waals surface area contributed by atoms with E-state index in [0.717, 1.165) is 25.1 Å². The Morgan fingerprint density at radius 2 is 2.11 bits per heavy atom. The lowest BCUT2D eigenvalue weighted by molar-refractivity contribution is -0.138. The van der Waals surface area contributed by atoms with Gasteiger partial charge in [-0.25, -0.2) is 4.79 Å². The molecule has 2 aromatic rings. The molecule has 2 N–H and O–H groups in total. The van der Waals surface area contributed by atoms with Gasteiger partial charge in [-0.2, -0.15) is 0 Å². The van der Waals surface area contributed by atoms with E-state index in [2.05, 4.69) is 37.2 Å². The summed E-state index contributed by atoms with van der Waals surface area (Å²) in [4.78, 5) is 12.2. The van der Waals surface area contributed by atoms with E-state index in [1.807, 2.05) is 36.6 Å². The third-order valence-corrected chi connectivity index (χ3v) is 4.78. The van der Waals surface area contributed by atoms with Crippen LogP contribution in [0.25, 0.3) is 0 Å². The Labute approximate surface area is 131 Å². The summed E-state index contributed by atoms with van der Waals surface area (Å²) in [7, 11) is 0. The lowest BCUT2D eigenvalue weighted by Gasteiger charge is -2.15. The molecule has 0 aliphatic carbocycles. The fraction of sp³-hybridized carbons (Fsp3) is 0.154. The summed E-state index contributed by atoms with van der Waals surface area (Å²) in [6.07, 6.45) is 0. The van der Waals surface area contributed by atoms with Crippen molar-refractivity contribution in [2.75, 3.05) is 5.32 Å². The molecule has 2 rings (SSSR count). The van der Waals surface area contributed by atoms with Crippen LogP contribution in [0.2, 0.25) is 0 Å². The number of aryl methyl sites for hydroxylation is 1. The fourth-order valence-corrected chi connectivity index (χ4v) is 3.72. The van der Waals surface area contributed by atoms with Crippen LogP contribution < -0.4 is 5.32 Å². The van der Waals surface area contributed by atoms with Gasteiger partial charge in [0.25, 0.3) is 0 Å². The minimum atomic E-state index is -0.892. The van der Waals surface area contributed by atoms with E-state index in [0.29, 0.717) is 0 Å². The van der Waals surface area contributed by atoms with E-state index in [4.69, 9.17) is 0 Å². The van der Waals surface area contributed by atoms with Crippen molar-refractivity contribution in [3.63, 3.8) is 0 Å². The highest BCUT2D eigenvalue weighted by atomic mass is 79.9. The molecule has 0 saturated heterocycles. The van der Waals surface area contributed by atoms with E-state index in [9.17, 15) is 9.90 Å². The van der Waals surface area contributed by atoms with Gasteiger partial charge in [-0.05, 0) is 58.1 Å².